The van der Waals surface area contributed by atoms with Crippen molar-refractivity contribution < 1.29 is 29.2 Å². The van der Waals surface area contributed by atoms with E-state index >= 15 is 0 Å². The van der Waals surface area contributed by atoms with E-state index in [4.69, 9.17) is 14.2 Å². The highest BCUT2D eigenvalue weighted by atomic mass is 32.2. The topological polar surface area (TPSA) is 85.2 Å². The van der Waals surface area contributed by atoms with Crippen molar-refractivity contribution in [1.82, 2.24) is 0 Å². The molecule has 1 aliphatic rings. The zero-order chi connectivity index (χ0) is 22.8. The molecule has 0 fully saturated rings. The molecule has 6 nitrogen and oxygen atoms in total. The molecule has 2 aromatic carbocycles. The monoisotopic (exact) mass is 444 g/mol. The van der Waals surface area contributed by atoms with Gasteiger partial charge in [0.2, 0.25) is 0 Å². The molecule has 2 N–H and O–H groups in total. The number of hydrogen-bond acceptors (Lipinski definition) is 7. The van der Waals surface area contributed by atoms with E-state index < -0.39 is 28.3 Å². The SMILES string of the molecule is COC(=O)C1=C[C@@H]([C@](C)(O)c2ccc(OC)cc2)[C@H]([C@](C)(O)c2ccc(OC)cc2)S1. The smallest absolute Gasteiger partial charge is 0.344 e. The third-order valence-corrected chi connectivity index (χ3v) is 7.41. The first-order chi connectivity index (χ1) is 14.6. The number of methoxy groups -OCH3 is 3. The third-order valence-electron chi connectivity index (χ3n) is 5.85. The van der Waals surface area contributed by atoms with Crippen molar-refractivity contribution in [3.8, 4) is 11.5 Å². The van der Waals surface area contributed by atoms with Crippen LogP contribution < -0.4 is 9.47 Å². The summed E-state index contributed by atoms with van der Waals surface area (Å²) < 4.78 is 15.3. The van der Waals surface area contributed by atoms with Crippen LogP contribution in [-0.4, -0.2) is 42.8 Å². The zero-order valence-corrected chi connectivity index (χ0v) is 19.1. The summed E-state index contributed by atoms with van der Waals surface area (Å²) in [5.74, 6) is 0.285. The molecular weight excluding hydrogens is 416 g/mol. The fourth-order valence-corrected chi connectivity index (χ4v) is 5.39. The minimum absolute atomic E-state index is 0.361. The Bertz CT molecular complexity index is 947. The Balaban J connectivity index is 2.03. The van der Waals surface area contributed by atoms with E-state index in [-0.39, 0.29) is 0 Å². The highest BCUT2D eigenvalue weighted by Crippen LogP contribution is 2.52. The predicted octanol–water partition coefficient (Wildman–Crippen LogP) is 3.61. The number of carbonyl (C=O) groups excluding carboxylic acids is 1. The molecule has 31 heavy (non-hydrogen) atoms. The van der Waals surface area contributed by atoms with Gasteiger partial charge in [0, 0.05) is 5.92 Å². The van der Waals surface area contributed by atoms with Crippen molar-refractivity contribution >= 4 is 17.7 Å². The molecule has 0 spiro atoms. The summed E-state index contributed by atoms with van der Waals surface area (Å²) in [6.07, 6.45) is 1.70. The van der Waals surface area contributed by atoms with E-state index in [1.807, 2.05) is 0 Å². The third kappa shape index (κ3) is 4.44. The molecule has 0 radical (unpaired) electrons. The molecule has 1 heterocycles. The Morgan fingerprint density at radius 3 is 1.71 bits per heavy atom. The second-order valence-electron chi connectivity index (χ2n) is 7.84. The summed E-state index contributed by atoms with van der Waals surface area (Å²) in [4.78, 5) is 12.7. The van der Waals surface area contributed by atoms with Gasteiger partial charge in [-0.25, -0.2) is 4.79 Å². The molecule has 0 amide bonds. The second kappa shape index (κ2) is 8.94. The fourth-order valence-electron chi connectivity index (χ4n) is 3.85. The van der Waals surface area contributed by atoms with Gasteiger partial charge in [-0.2, -0.15) is 0 Å². The number of rotatable bonds is 7. The minimum atomic E-state index is -1.36. The Labute approximate surface area is 186 Å². The normalized spacial score (nSPS) is 22.1. The highest BCUT2D eigenvalue weighted by Gasteiger charge is 2.51. The maximum Gasteiger partial charge on any atom is 0.344 e. The molecule has 3 rings (SSSR count). The van der Waals surface area contributed by atoms with Crippen LogP contribution in [-0.2, 0) is 20.7 Å². The maximum absolute atomic E-state index is 12.3. The average molecular weight is 445 g/mol. The average Bonchev–Trinajstić information content (AvgIpc) is 3.26. The lowest BCUT2D eigenvalue weighted by Crippen LogP contribution is -2.45. The number of carbonyl (C=O) groups is 1. The summed E-state index contributed by atoms with van der Waals surface area (Å²) in [7, 11) is 4.47. The zero-order valence-electron chi connectivity index (χ0n) is 18.3. The van der Waals surface area contributed by atoms with Crippen LogP contribution in [0.1, 0.15) is 25.0 Å². The molecule has 1 aliphatic heterocycles. The lowest BCUT2D eigenvalue weighted by Gasteiger charge is -2.40. The Morgan fingerprint density at radius 2 is 1.29 bits per heavy atom. The fraction of sp³-hybridized carbons (Fsp3) is 0.375. The van der Waals surface area contributed by atoms with E-state index in [9.17, 15) is 15.0 Å². The van der Waals surface area contributed by atoms with Crippen LogP contribution in [0.4, 0.5) is 0 Å². The van der Waals surface area contributed by atoms with E-state index in [1.54, 1.807) is 82.7 Å². The van der Waals surface area contributed by atoms with Gasteiger partial charge < -0.3 is 24.4 Å². The van der Waals surface area contributed by atoms with Gasteiger partial charge in [0.05, 0.1) is 42.7 Å². The number of benzene rings is 2. The quantitative estimate of drug-likeness (QED) is 0.631. The number of thioether (sulfide) groups is 1. The first-order valence-corrected chi connectivity index (χ1v) is 10.7. The largest absolute Gasteiger partial charge is 0.497 e. The summed E-state index contributed by atoms with van der Waals surface area (Å²) in [5, 5.41) is 22.7. The lowest BCUT2D eigenvalue weighted by atomic mass is 9.74. The lowest BCUT2D eigenvalue weighted by molar-refractivity contribution is -0.135. The van der Waals surface area contributed by atoms with Crippen LogP contribution in [0, 0.1) is 5.92 Å². The number of ether oxygens (including phenoxy) is 3. The van der Waals surface area contributed by atoms with Crippen molar-refractivity contribution in [2.24, 2.45) is 5.92 Å². The molecule has 0 saturated heterocycles. The minimum Gasteiger partial charge on any atom is -0.497 e. The van der Waals surface area contributed by atoms with Crippen molar-refractivity contribution in [1.29, 1.82) is 0 Å². The van der Waals surface area contributed by atoms with E-state index in [1.165, 1.54) is 18.9 Å². The van der Waals surface area contributed by atoms with Gasteiger partial charge in [-0.15, -0.1) is 11.8 Å². The van der Waals surface area contributed by atoms with E-state index in [2.05, 4.69) is 0 Å². The molecule has 0 aliphatic carbocycles. The van der Waals surface area contributed by atoms with Crippen molar-refractivity contribution in [3.63, 3.8) is 0 Å². The maximum atomic E-state index is 12.3. The second-order valence-corrected chi connectivity index (χ2v) is 9.02. The Morgan fingerprint density at radius 1 is 0.839 bits per heavy atom. The van der Waals surface area contributed by atoms with Gasteiger partial charge in [-0.3, -0.25) is 0 Å². The first-order valence-electron chi connectivity index (χ1n) is 9.85. The van der Waals surface area contributed by atoms with Gasteiger partial charge in [-0.1, -0.05) is 30.3 Å². The molecule has 0 saturated carbocycles. The van der Waals surface area contributed by atoms with Crippen LogP contribution >= 0.6 is 11.8 Å². The summed E-state index contributed by atoms with van der Waals surface area (Å²) in [6.45, 7) is 3.38. The molecule has 4 atom stereocenters. The summed E-state index contributed by atoms with van der Waals surface area (Å²) in [6, 6.07) is 14.2. The molecular formula is C24H28O6S. The summed E-state index contributed by atoms with van der Waals surface area (Å²) >= 11 is 1.21. The predicted molar refractivity (Wildman–Crippen MR) is 120 cm³/mol. The molecule has 166 valence electrons. The van der Waals surface area contributed by atoms with Gasteiger partial charge in [-0.05, 0) is 49.2 Å². The van der Waals surface area contributed by atoms with Crippen LogP contribution in [0.3, 0.4) is 0 Å². The first kappa shape index (κ1) is 23.2. The van der Waals surface area contributed by atoms with Gasteiger partial charge in [0.15, 0.2) is 0 Å². The van der Waals surface area contributed by atoms with Crippen LogP contribution in [0.15, 0.2) is 59.5 Å². The molecule has 0 bridgehead atoms. The van der Waals surface area contributed by atoms with Gasteiger partial charge in [0.1, 0.15) is 11.5 Å². The molecule has 0 aromatic heterocycles. The molecule has 7 heteroatoms. The van der Waals surface area contributed by atoms with Crippen molar-refractivity contribution in [3.05, 3.63) is 70.6 Å². The Kier molecular flexibility index (Phi) is 6.69. The molecule has 2 aromatic rings. The van der Waals surface area contributed by atoms with Crippen LogP contribution in [0.5, 0.6) is 11.5 Å². The highest BCUT2D eigenvalue weighted by molar-refractivity contribution is 8.04. The van der Waals surface area contributed by atoms with E-state index in [0.29, 0.717) is 27.5 Å². The van der Waals surface area contributed by atoms with Crippen LogP contribution in [0.2, 0.25) is 0 Å². The van der Waals surface area contributed by atoms with Gasteiger partial charge >= 0.3 is 5.97 Å². The Hall–Kier alpha value is -2.48. The van der Waals surface area contributed by atoms with Gasteiger partial charge in [0.25, 0.3) is 0 Å². The standard InChI is InChI=1S/C24H28O6S/c1-23(26,15-6-10-17(28-3)11-7-15)19-14-20(22(25)30-5)31-21(19)24(2,27)16-8-12-18(29-4)13-9-16/h6-14,19,21,26-27H,1-5H3/t19-,21-,23-,24-/m1/s1. The number of aliphatic hydroxyl groups is 2. The number of hydrogen-bond donors (Lipinski definition) is 2. The van der Waals surface area contributed by atoms with Crippen LogP contribution in [0.25, 0.3) is 0 Å². The summed E-state index contributed by atoms with van der Waals surface area (Å²) in [5.41, 5.74) is -1.42. The van der Waals surface area contributed by atoms with Crippen molar-refractivity contribution in [2.45, 2.75) is 30.3 Å². The van der Waals surface area contributed by atoms with E-state index in [0.717, 1.165) is 0 Å². The molecule has 0 unspecified atom stereocenters. The van der Waals surface area contributed by atoms with Crippen molar-refractivity contribution in [2.75, 3.05) is 21.3 Å². The number of esters is 1.